The highest BCUT2D eigenvalue weighted by atomic mass is 35.5. The molecule has 1 aliphatic heterocycles. The molecule has 110 valence electrons. The quantitative estimate of drug-likeness (QED) is 0.897. The van der Waals surface area contributed by atoms with Crippen molar-refractivity contribution >= 4 is 46.4 Å². The molecule has 1 atom stereocenters. The Kier molecular flexibility index (Phi) is 5.56. The molecule has 1 aromatic rings. The SMILES string of the molecule is CCCNC1CCCN(c2c(Cl)cc(Cl)cc2Cl)C1=O. The monoisotopic (exact) mass is 334 g/mol. The average molecular weight is 336 g/mol. The van der Waals surface area contributed by atoms with Gasteiger partial charge in [0.15, 0.2) is 0 Å². The van der Waals surface area contributed by atoms with E-state index >= 15 is 0 Å². The number of piperidine rings is 1. The van der Waals surface area contributed by atoms with Crippen LogP contribution < -0.4 is 10.2 Å². The lowest BCUT2D eigenvalue weighted by Gasteiger charge is -2.33. The van der Waals surface area contributed by atoms with Gasteiger partial charge >= 0.3 is 0 Å². The van der Waals surface area contributed by atoms with Gasteiger partial charge in [-0.1, -0.05) is 41.7 Å². The third-order valence-corrected chi connectivity index (χ3v) is 4.13. The normalized spacial score (nSPS) is 19.5. The number of hydrogen-bond donors (Lipinski definition) is 1. The first-order valence-electron chi connectivity index (χ1n) is 6.74. The van der Waals surface area contributed by atoms with Crippen LogP contribution in [0.3, 0.4) is 0 Å². The molecular weight excluding hydrogens is 319 g/mol. The molecule has 1 aromatic carbocycles. The topological polar surface area (TPSA) is 32.3 Å². The molecule has 1 aliphatic rings. The first-order valence-corrected chi connectivity index (χ1v) is 7.87. The van der Waals surface area contributed by atoms with Crippen molar-refractivity contribution in [3.05, 3.63) is 27.2 Å². The van der Waals surface area contributed by atoms with Crippen molar-refractivity contribution in [2.75, 3.05) is 18.0 Å². The minimum Gasteiger partial charge on any atom is -0.308 e. The fourth-order valence-corrected chi connectivity index (χ4v) is 3.42. The summed E-state index contributed by atoms with van der Waals surface area (Å²) in [6.45, 7) is 3.53. The van der Waals surface area contributed by atoms with E-state index in [9.17, 15) is 4.79 Å². The zero-order valence-corrected chi connectivity index (χ0v) is 13.5. The predicted octanol–water partition coefficient (Wildman–Crippen LogP) is 4.14. The Bertz CT molecular complexity index is 484. The van der Waals surface area contributed by atoms with Gasteiger partial charge in [-0.05, 0) is 37.9 Å². The molecule has 2 rings (SSSR count). The van der Waals surface area contributed by atoms with Crippen molar-refractivity contribution in [3.63, 3.8) is 0 Å². The van der Waals surface area contributed by atoms with Crippen LogP contribution in [0.2, 0.25) is 15.1 Å². The van der Waals surface area contributed by atoms with Crippen molar-refractivity contribution < 1.29 is 4.79 Å². The predicted molar refractivity (Wildman–Crippen MR) is 85.1 cm³/mol. The third kappa shape index (κ3) is 3.40. The Morgan fingerprint density at radius 1 is 1.30 bits per heavy atom. The fourth-order valence-electron chi connectivity index (χ4n) is 2.40. The van der Waals surface area contributed by atoms with Crippen molar-refractivity contribution in [1.29, 1.82) is 0 Å². The minimum absolute atomic E-state index is 0.0239. The smallest absolute Gasteiger partial charge is 0.244 e. The number of nitrogens with one attached hydrogen (secondary N) is 1. The van der Waals surface area contributed by atoms with Crippen molar-refractivity contribution in [3.8, 4) is 0 Å². The summed E-state index contributed by atoms with van der Waals surface area (Å²) in [7, 11) is 0. The molecule has 1 unspecified atom stereocenters. The number of nitrogens with zero attached hydrogens (tertiary/aromatic N) is 1. The largest absolute Gasteiger partial charge is 0.308 e. The van der Waals surface area contributed by atoms with Crippen molar-refractivity contribution in [2.45, 2.75) is 32.2 Å². The molecule has 0 saturated carbocycles. The first-order chi connectivity index (χ1) is 9.54. The van der Waals surface area contributed by atoms with Crippen LogP contribution in [0.5, 0.6) is 0 Å². The van der Waals surface area contributed by atoms with Crippen LogP contribution in [0, 0.1) is 0 Å². The van der Waals surface area contributed by atoms with Gasteiger partial charge in [0.05, 0.1) is 21.8 Å². The molecule has 0 bridgehead atoms. The van der Waals surface area contributed by atoms with E-state index in [0.29, 0.717) is 27.3 Å². The molecule has 3 nitrogen and oxygen atoms in total. The Labute approximate surface area is 134 Å². The molecule has 1 heterocycles. The van der Waals surface area contributed by atoms with Crippen LogP contribution >= 0.6 is 34.8 Å². The van der Waals surface area contributed by atoms with Gasteiger partial charge in [-0.2, -0.15) is 0 Å². The Hall–Kier alpha value is -0.480. The first kappa shape index (κ1) is 15.9. The van der Waals surface area contributed by atoms with Gasteiger partial charge in [-0.15, -0.1) is 0 Å². The lowest BCUT2D eigenvalue weighted by molar-refractivity contribution is -0.121. The zero-order chi connectivity index (χ0) is 14.7. The van der Waals surface area contributed by atoms with E-state index in [-0.39, 0.29) is 11.9 Å². The molecular formula is C14H17Cl3N2O. The van der Waals surface area contributed by atoms with E-state index in [4.69, 9.17) is 34.8 Å². The summed E-state index contributed by atoms with van der Waals surface area (Å²) < 4.78 is 0. The number of carbonyl (C=O) groups is 1. The van der Waals surface area contributed by atoms with Gasteiger partial charge in [0.25, 0.3) is 0 Å². The molecule has 1 fully saturated rings. The van der Waals surface area contributed by atoms with Crippen LogP contribution in [-0.4, -0.2) is 25.0 Å². The Morgan fingerprint density at radius 3 is 2.55 bits per heavy atom. The second kappa shape index (κ2) is 6.99. The van der Waals surface area contributed by atoms with Gasteiger partial charge in [-0.3, -0.25) is 4.79 Å². The maximum absolute atomic E-state index is 12.5. The highest BCUT2D eigenvalue weighted by molar-refractivity contribution is 6.42. The van der Waals surface area contributed by atoms with Crippen LogP contribution in [0.15, 0.2) is 12.1 Å². The van der Waals surface area contributed by atoms with Gasteiger partial charge in [0.2, 0.25) is 5.91 Å². The number of anilines is 1. The van der Waals surface area contributed by atoms with E-state index < -0.39 is 0 Å². The third-order valence-electron chi connectivity index (χ3n) is 3.33. The van der Waals surface area contributed by atoms with Crippen molar-refractivity contribution in [1.82, 2.24) is 5.32 Å². The van der Waals surface area contributed by atoms with Crippen LogP contribution in [0.4, 0.5) is 5.69 Å². The summed E-state index contributed by atoms with van der Waals surface area (Å²) in [5.74, 6) is 0.0239. The Morgan fingerprint density at radius 2 is 1.95 bits per heavy atom. The van der Waals surface area contributed by atoms with Gasteiger partial charge in [0.1, 0.15) is 0 Å². The maximum Gasteiger partial charge on any atom is 0.244 e. The van der Waals surface area contributed by atoms with E-state index in [1.54, 1.807) is 17.0 Å². The lowest BCUT2D eigenvalue weighted by atomic mass is 10.0. The summed E-state index contributed by atoms with van der Waals surface area (Å²) in [6, 6.07) is 3.06. The molecule has 1 saturated heterocycles. The van der Waals surface area contributed by atoms with Crippen molar-refractivity contribution in [2.24, 2.45) is 0 Å². The van der Waals surface area contributed by atoms with E-state index in [1.807, 2.05) is 0 Å². The molecule has 1 N–H and O–H groups in total. The highest BCUT2D eigenvalue weighted by Crippen LogP contribution is 2.38. The Balaban J connectivity index is 2.26. The summed E-state index contributed by atoms with van der Waals surface area (Å²) in [5, 5.41) is 4.55. The maximum atomic E-state index is 12.5. The second-order valence-corrected chi connectivity index (χ2v) is 6.11. The number of hydrogen-bond acceptors (Lipinski definition) is 2. The van der Waals surface area contributed by atoms with Gasteiger partial charge in [-0.25, -0.2) is 0 Å². The number of benzene rings is 1. The molecule has 0 aliphatic carbocycles. The van der Waals surface area contributed by atoms with E-state index in [2.05, 4.69) is 12.2 Å². The molecule has 0 radical (unpaired) electrons. The molecule has 6 heteroatoms. The minimum atomic E-state index is -0.161. The van der Waals surface area contributed by atoms with E-state index in [1.165, 1.54) is 0 Å². The summed E-state index contributed by atoms with van der Waals surface area (Å²) in [6.07, 6.45) is 2.76. The standard InChI is InChI=1S/C14H17Cl3N2O/c1-2-5-18-12-4-3-6-19(14(12)20)13-10(16)7-9(15)8-11(13)17/h7-8,12,18H,2-6H2,1H3. The number of amides is 1. The summed E-state index contributed by atoms with van der Waals surface area (Å²) in [5.41, 5.74) is 0.561. The molecule has 0 spiro atoms. The lowest BCUT2D eigenvalue weighted by Crippen LogP contribution is -2.51. The molecule has 20 heavy (non-hydrogen) atoms. The average Bonchev–Trinajstić information content (AvgIpc) is 2.38. The van der Waals surface area contributed by atoms with Crippen LogP contribution in [-0.2, 0) is 4.79 Å². The summed E-state index contributed by atoms with van der Waals surface area (Å²) >= 11 is 18.3. The molecule has 0 aromatic heterocycles. The number of carbonyl (C=O) groups excluding carboxylic acids is 1. The molecule has 1 amide bonds. The second-order valence-electron chi connectivity index (χ2n) is 4.86. The summed E-state index contributed by atoms with van der Waals surface area (Å²) in [4.78, 5) is 14.2. The number of rotatable bonds is 4. The highest BCUT2D eigenvalue weighted by Gasteiger charge is 2.31. The zero-order valence-electron chi connectivity index (χ0n) is 11.3. The van der Waals surface area contributed by atoms with Crippen LogP contribution in [0.1, 0.15) is 26.2 Å². The fraction of sp³-hybridized carbons (Fsp3) is 0.500. The van der Waals surface area contributed by atoms with E-state index in [0.717, 1.165) is 25.8 Å². The van der Waals surface area contributed by atoms with Gasteiger partial charge in [0, 0.05) is 11.6 Å². The number of halogens is 3. The van der Waals surface area contributed by atoms with Gasteiger partial charge < -0.3 is 10.2 Å². The van der Waals surface area contributed by atoms with Crippen LogP contribution in [0.25, 0.3) is 0 Å².